The first-order valence-electron chi connectivity index (χ1n) is 9.46. The first kappa shape index (κ1) is 18.9. The lowest BCUT2D eigenvalue weighted by Crippen LogP contribution is -2.66. The van der Waals surface area contributed by atoms with Crippen LogP contribution in [0.1, 0.15) is 70.3 Å². The summed E-state index contributed by atoms with van der Waals surface area (Å²) >= 11 is 0. The van der Waals surface area contributed by atoms with E-state index in [0.717, 1.165) is 25.7 Å². The summed E-state index contributed by atoms with van der Waals surface area (Å²) in [5, 5.41) is 12.4. The normalized spacial score (nSPS) is 30.6. The number of carbonyl (C=O) groups is 2. The third kappa shape index (κ3) is 3.37. The van der Waals surface area contributed by atoms with Crippen molar-refractivity contribution in [2.75, 3.05) is 6.54 Å². The van der Waals surface area contributed by atoms with Crippen molar-refractivity contribution >= 4 is 11.8 Å². The SMILES string of the molecule is C[C@H](CCNC(=O)c1ccn[nH]1)NC(=O)C12CCC(C)(CC1)OC2(C)C. The van der Waals surface area contributed by atoms with E-state index in [4.69, 9.17) is 4.74 Å². The topological polar surface area (TPSA) is 96.1 Å². The summed E-state index contributed by atoms with van der Waals surface area (Å²) in [6.45, 7) is 8.70. The Morgan fingerprint density at radius 3 is 2.54 bits per heavy atom. The monoisotopic (exact) mass is 362 g/mol. The molecule has 1 atom stereocenters. The Labute approximate surface area is 154 Å². The van der Waals surface area contributed by atoms with Crippen molar-refractivity contribution in [3.05, 3.63) is 18.0 Å². The summed E-state index contributed by atoms with van der Waals surface area (Å²) in [7, 11) is 0. The third-order valence-electron chi connectivity index (χ3n) is 6.24. The molecule has 1 aromatic rings. The Balaban J connectivity index is 1.52. The molecule has 2 aliphatic heterocycles. The average Bonchev–Trinajstić information content (AvgIpc) is 3.08. The van der Waals surface area contributed by atoms with E-state index >= 15 is 0 Å². The van der Waals surface area contributed by atoms with Crippen LogP contribution in [0.3, 0.4) is 0 Å². The van der Waals surface area contributed by atoms with E-state index in [1.54, 1.807) is 12.3 Å². The lowest BCUT2D eigenvalue weighted by Gasteiger charge is -2.60. The molecule has 3 heterocycles. The minimum Gasteiger partial charge on any atom is -0.368 e. The highest BCUT2D eigenvalue weighted by molar-refractivity contribution is 5.92. The summed E-state index contributed by atoms with van der Waals surface area (Å²) in [5.41, 5.74) is -0.574. The molecule has 3 N–H and O–H groups in total. The van der Waals surface area contributed by atoms with E-state index in [0.29, 0.717) is 18.7 Å². The van der Waals surface area contributed by atoms with Crippen molar-refractivity contribution in [3.63, 3.8) is 0 Å². The van der Waals surface area contributed by atoms with E-state index in [1.807, 2.05) is 20.8 Å². The summed E-state index contributed by atoms with van der Waals surface area (Å²) in [6.07, 6.45) is 5.80. The van der Waals surface area contributed by atoms with Crippen molar-refractivity contribution in [2.45, 2.75) is 77.0 Å². The van der Waals surface area contributed by atoms with Gasteiger partial charge in [-0.1, -0.05) is 0 Å². The van der Waals surface area contributed by atoms with Crippen molar-refractivity contribution in [2.24, 2.45) is 5.41 Å². The number of nitrogens with zero attached hydrogens (tertiary/aromatic N) is 1. The number of amides is 2. The molecule has 0 unspecified atom stereocenters. The lowest BCUT2D eigenvalue weighted by atomic mass is 9.57. The van der Waals surface area contributed by atoms with Crippen molar-refractivity contribution < 1.29 is 14.3 Å². The van der Waals surface area contributed by atoms with Crippen LogP contribution in [0.4, 0.5) is 0 Å². The maximum absolute atomic E-state index is 13.1. The minimum atomic E-state index is -0.461. The molecular weight excluding hydrogens is 332 g/mol. The molecule has 0 aromatic carbocycles. The molecule has 2 saturated heterocycles. The van der Waals surface area contributed by atoms with Gasteiger partial charge in [-0.2, -0.15) is 5.10 Å². The van der Waals surface area contributed by atoms with Gasteiger partial charge >= 0.3 is 0 Å². The molecule has 0 radical (unpaired) electrons. The van der Waals surface area contributed by atoms with E-state index in [2.05, 4.69) is 27.8 Å². The maximum atomic E-state index is 13.1. The summed E-state index contributed by atoms with van der Waals surface area (Å²) in [5.74, 6) is -0.107. The molecular formula is C19H30N4O3. The van der Waals surface area contributed by atoms with Crippen molar-refractivity contribution in [1.82, 2.24) is 20.8 Å². The second kappa shape index (κ2) is 6.68. The van der Waals surface area contributed by atoms with Gasteiger partial charge < -0.3 is 15.4 Å². The highest BCUT2D eigenvalue weighted by Gasteiger charge is 2.61. The fraction of sp³-hybridized carbons (Fsp3) is 0.737. The van der Waals surface area contributed by atoms with E-state index < -0.39 is 11.0 Å². The molecule has 0 spiro atoms. The van der Waals surface area contributed by atoms with Crippen molar-refractivity contribution in [3.8, 4) is 0 Å². The summed E-state index contributed by atoms with van der Waals surface area (Å²) < 4.78 is 6.29. The maximum Gasteiger partial charge on any atom is 0.269 e. The largest absolute Gasteiger partial charge is 0.368 e. The van der Waals surface area contributed by atoms with Crippen LogP contribution in [0, 0.1) is 5.41 Å². The van der Waals surface area contributed by atoms with Gasteiger partial charge in [-0.3, -0.25) is 14.7 Å². The molecule has 1 aromatic heterocycles. The number of fused-ring (bicyclic) bond motifs is 3. The van der Waals surface area contributed by atoms with Gasteiger partial charge in [0.05, 0.1) is 16.6 Å². The van der Waals surface area contributed by atoms with Gasteiger partial charge in [0.15, 0.2) is 0 Å². The molecule has 2 bridgehead atoms. The fourth-order valence-corrected chi connectivity index (χ4v) is 4.44. The van der Waals surface area contributed by atoms with Crippen LogP contribution < -0.4 is 10.6 Å². The molecule has 1 saturated carbocycles. The Bertz CT molecular complexity index is 660. The molecule has 3 fully saturated rings. The van der Waals surface area contributed by atoms with Gasteiger partial charge in [0, 0.05) is 18.8 Å². The Kier molecular flexibility index (Phi) is 4.86. The smallest absolute Gasteiger partial charge is 0.269 e. The Hall–Kier alpha value is -1.89. The zero-order chi connectivity index (χ0) is 19.0. The van der Waals surface area contributed by atoms with Crippen LogP contribution in [0.15, 0.2) is 12.3 Å². The second-order valence-corrected chi connectivity index (χ2v) is 8.53. The van der Waals surface area contributed by atoms with Crippen LogP contribution in [-0.4, -0.2) is 45.8 Å². The van der Waals surface area contributed by atoms with Gasteiger partial charge in [0.1, 0.15) is 5.69 Å². The van der Waals surface area contributed by atoms with Gasteiger partial charge in [-0.15, -0.1) is 0 Å². The number of rotatable bonds is 6. The molecule has 3 aliphatic rings. The van der Waals surface area contributed by atoms with Crippen LogP contribution in [0.25, 0.3) is 0 Å². The predicted octanol–water partition coefficient (Wildman–Crippen LogP) is 2.16. The Morgan fingerprint density at radius 2 is 1.96 bits per heavy atom. The second-order valence-electron chi connectivity index (χ2n) is 8.53. The number of aromatic amines is 1. The zero-order valence-electron chi connectivity index (χ0n) is 16.1. The first-order valence-corrected chi connectivity index (χ1v) is 9.46. The molecule has 1 aliphatic carbocycles. The van der Waals surface area contributed by atoms with Gasteiger partial charge in [-0.05, 0) is 65.9 Å². The molecule has 26 heavy (non-hydrogen) atoms. The summed E-state index contributed by atoms with van der Waals surface area (Å²) in [4.78, 5) is 25.0. The quantitative estimate of drug-likeness (QED) is 0.722. The van der Waals surface area contributed by atoms with Gasteiger partial charge in [0.2, 0.25) is 5.91 Å². The molecule has 144 valence electrons. The van der Waals surface area contributed by atoms with Crippen LogP contribution in [-0.2, 0) is 9.53 Å². The van der Waals surface area contributed by atoms with E-state index in [-0.39, 0.29) is 23.5 Å². The number of hydrogen-bond donors (Lipinski definition) is 3. The van der Waals surface area contributed by atoms with E-state index in [9.17, 15) is 9.59 Å². The number of nitrogens with one attached hydrogen (secondary N) is 3. The number of carbonyl (C=O) groups excluding carboxylic acids is 2. The van der Waals surface area contributed by atoms with Crippen LogP contribution in [0.2, 0.25) is 0 Å². The minimum absolute atomic E-state index is 0.0232. The number of H-pyrrole nitrogens is 1. The van der Waals surface area contributed by atoms with Crippen LogP contribution >= 0.6 is 0 Å². The number of hydrogen-bond acceptors (Lipinski definition) is 4. The van der Waals surface area contributed by atoms with Gasteiger partial charge in [-0.25, -0.2) is 0 Å². The Morgan fingerprint density at radius 1 is 1.27 bits per heavy atom. The fourth-order valence-electron chi connectivity index (χ4n) is 4.44. The van der Waals surface area contributed by atoms with Gasteiger partial charge in [0.25, 0.3) is 5.91 Å². The molecule has 7 heteroatoms. The zero-order valence-corrected chi connectivity index (χ0v) is 16.1. The highest BCUT2D eigenvalue weighted by Crippen LogP contribution is 2.57. The number of aromatic nitrogens is 2. The highest BCUT2D eigenvalue weighted by atomic mass is 16.5. The first-order chi connectivity index (χ1) is 12.2. The molecule has 7 nitrogen and oxygen atoms in total. The van der Waals surface area contributed by atoms with Crippen molar-refractivity contribution in [1.29, 1.82) is 0 Å². The van der Waals surface area contributed by atoms with E-state index in [1.165, 1.54) is 0 Å². The third-order valence-corrected chi connectivity index (χ3v) is 6.24. The molecule has 2 amide bonds. The summed E-state index contributed by atoms with van der Waals surface area (Å²) in [6, 6.07) is 1.60. The standard InChI is InChI=1S/C19H30N4O3/c1-13(5-11-20-15(24)14-6-12-21-23-14)22-16(25)19-9-7-18(4,8-10-19)26-17(19,2)3/h6,12-13H,5,7-11H2,1-4H3,(H,20,24)(H,21,23)(H,22,25)/t13-,18?,19?/m1/s1. The average molecular weight is 362 g/mol. The lowest BCUT2D eigenvalue weighted by molar-refractivity contribution is -0.263. The van der Waals surface area contributed by atoms with Crippen LogP contribution in [0.5, 0.6) is 0 Å². The number of ether oxygens (including phenoxy) is 1. The predicted molar refractivity (Wildman–Crippen MR) is 97.6 cm³/mol. The molecule has 4 rings (SSSR count).